The smallest absolute Gasteiger partial charge is 0.335 e. The van der Waals surface area contributed by atoms with Crippen molar-refractivity contribution in [1.82, 2.24) is 4.72 Å². The van der Waals surface area contributed by atoms with Crippen molar-refractivity contribution in [3.05, 3.63) is 23.8 Å². The minimum Gasteiger partial charge on any atom is -0.495 e. The van der Waals surface area contributed by atoms with E-state index in [1.807, 2.05) is 0 Å². The number of carbonyl (C=O) groups is 1. The van der Waals surface area contributed by atoms with Crippen LogP contribution in [-0.4, -0.2) is 44.2 Å². The standard InChI is InChI=1S/C13H17NO5S2/c1-19-11-7-9(13(15)16)4-5-12(11)21(17,18)14-10-3-2-6-20-8-10/h4-5,7,10,14H,2-3,6,8H2,1H3,(H,15,16). The van der Waals surface area contributed by atoms with E-state index in [1.165, 1.54) is 25.3 Å². The van der Waals surface area contributed by atoms with Gasteiger partial charge in [0.15, 0.2) is 0 Å². The summed E-state index contributed by atoms with van der Waals surface area (Å²) in [7, 11) is -2.41. The van der Waals surface area contributed by atoms with Crippen LogP contribution in [0.4, 0.5) is 0 Å². The van der Waals surface area contributed by atoms with E-state index in [1.54, 1.807) is 11.8 Å². The number of benzene rings is 1. The minimum absolute atomic E-state index is 0.0148. The molecule has 1 aliphatic rings. The molecule has 1 fully saturated rings. The van der Waals surface area contributed by atoms with Gasteiger partial charge >= 0.3 is 5.97 Å². The maximum atomic E-state index is 12.4. The summed E-state index contributed by atoms with van der Waals surface area (Å²) in [6, 6.07) is 3.64. The SMILES string of the molecule is COc1cc(C(=O)O)ccc1S(=O)(=O)NC1CCCSC1. The van der Waals surface area contributed by atoms with Gasteiger partial charge in [-0.15, -0.1) is 0 Å². The fraction of sp³-hybridized carbons (Fsp3) is 0.462. The monoisotopic (exact) mass is 331 g/mol. The predicted octanol–water partition coefficient (Wildman–Crippen LogP) is 1.57. The lowest BCUT2D eigenvalue weighted by Gasteiger charge is -2.22. The first-order valence-corrected chi connectivity index (χ1v) is 9.09. The van der Waals surface area contributed by atoms with Crippen molar-refractivity contribution in [3.63, 3.8) is 0 Å². The zero-order chi connectivity index (χ0) is 15.5. The average molecular weight is 331 g/mol. The maximum absolute atomic E-state index is 12.4. The largest absolute Gasteiger partial charge is 0.495 e. The van der Waals surface area contributed by atoms with Gasteiger partial charge in [0.05, 0.1) is 12.7 Å². The van der Waals surface area contributed by atoms with Crippen LogP contribution in [0.2, 0.25) is 0 Å². The van der Waals surface area contributed by atoms with Crippen LogP contribution in [0.15, 0.2) is 23.1 Å². The Kier molecular flexibility index (Phi) is 5.13. The third kappa shape index (κ3) is 3.90. The summed E-state index contributed by atoms with van der Waals surface area (Å²) >= 11 is 1.72. The Labute approximate surface area is 127 Å². The number of hydrogen-bond donors (Lipinski definition) is 2. The summed E-state index contributed by atoms with van der Waals surface area (Å²) in [5.41, 5.74) is -0.0148. The highest BCUT2D eigenvalue weighted by Crippen LogP contribution is 2.26. The van der Waals surface area contributed by atoms with Crippen molar-refractivity contribution in [2.75, 3.05) is 18.6 Å². The molecule has 0 aromatic heterocycles. The van der Waals surface area contributed by atoms with Crippen molar-refractivity contribution < 1.29 is 23.1 Å². The van der Waals surface area contributed by atoms with E-state index in [2.05, 4.69) is 4.72 Å². The second kappa shape index (κ2) is 6.67. The molecule has 1 aromatic carbocycles. The molecular weight excluding hydrogens is 314 g/mol. The molecule has 6 nitrogen and oxygen atoms in total. The normalized spacial score (nSPS) is 19.2. The number of nitrogens with one attached hydrogen (secondary N) is 1. The Balaban J connectivity index is 2.28. The molecule has 1 heterocycles. The van der Waals surface area contributed by atoms with Gasteiger partial charge in [-0.2, -0.15) is 11.8 Å². The number of carboxylic acids is 1. The van der Waals surface area contributed by atoms with Crippen molar-refractivity contribution in [2.45, 2.75) is 23.8 Å². The van der Waals surface area contributed by atoms with Gasteiger partial charge in [-0.3, -0.25) is 0 Å². The molecule has 8 heteroatoms. The zero-order valence-corrected chi connectivity index (χ0v) is 13.2. The van der Waals surface area contributed by atoms with E-state index < -0.39 is 16.0 Å². The van der Waals surface area contributed by atoms with Crippen molar-refractivity contribution in [1.29, 1.82) is 0 Å². The summed E-state index contributed by atoms with van der Waals surface area (Å²) < 4.78 is 32.5. The Morgan fingerprint density at radius 2 is 2.24 bits per heavy atom. The zero-order valence-electron chi connectivity index (χ0n) is 11.5. The van der Waals surface area contributed by atoms with Gasteiger partial charge in [0, 0.05) is 11.8 Å². The Morgan fingerprint density at radius 3 is 2.81 bits per heavy atom. The third-order valence-electron chi connectivity index (χ3n) is 3.18. The summed E-state index contributed by atoms with van der Waals surface area (Å²) in [6.45, 7) is 0. The number of ether oxygens (including phenoxy) is 1. The second-order valence-electron chi connectivity index (χ2n) is 4.71. The van der Waals surface area contributed by atoms with Crippen LogP contribution in [0.1, 0.15) is 23.2 Å². The molecule has 0 radical (unpaired) electrons. The highest BCUT2D eigenvalue weighted by molar-refractivity contribution is 7.99. The summed E-state index contributed by atoms with van der Waals surface area (Å²) in [4.78, 5) is 10.9. The van der Waals surface area contributed by atoms with Crippen LogP contribution in [0, 0.1) is 0 Å². The summed E-state index contributed by atoms with van der Waals surface area (Å²) in [5, 5.41) is 8.94. The van der Waals surface area contributed by atoms with Crippen LogP contribution in [0.5, 0.6) is 5.75 Å². The molecule has 2 rings (SSSR count). The first-order valence-electron chi connectivity index (χ1n) is 6.45. The molecule has 1 atom stereocenters. The lowest BCUT2D eigenvalue weighted by atomic mass is 10.2. The fourth-order valence-corrected chi connectivity index (χ4v) is 4.74. The highest BCUT2D eigenvalue weighted by Gasteiger charge is 2.25. The number of rotatable bonds is 5. The van der Waals surface area contributed by atoms with Crippen LogP contribution in [0.3, 0.4) is 0 Å². The van der Waals surface area contributed by atoms with Gasteiger partial charge in [-0.1, -0.05) is 0 Å². The highest BCUT2D eigenvalue weighted by atomic mass is 32.2. The molecule has 2 N–H and O–H groups in total. The average Bonchev–Trinajstić information content (AvgIpc) is 2.47. The molecule has 21 heavy (non-hydrogen) atoms. The Morgan fingerprint density at radius 1 is 1.48 bits per heavy atom. The minimum atomic E-state index is -3.73. The fourth-order valence-electron chi connectivity index (χ4n) is 2.14. The molecular formula is C13H17NO5S2. The lowest BCUT2D eigenvalue weighted by Crippen LogP contribution is -2.38. The van der Waals surface area contributed by atoms with Crippen LogP contribution < -0.4 is 9.46 Å². The molecule has 0 spiro atoms. The van der Waals surface area contributed by atoms with Gasteiger partial charge in [-0.25, -0.2) is 17.9 Å². The van der Waals surface area contributed by atoms with E-state index in [4.69, 9.17) is 9.84 Å². The first kappa shape index (κ1) is 16.1. The van der Waals surface area contributed by atoms with E-state index in [9.17, 15) is 13.2 Å². The molecule has 0 bridgehead atoms. The van der Waals surface area contributed by atoms with Gasteiger partial charge in [0.1, 0.15) is 10.6 Å². The molecule has 1 aromatic rings. The van der Waals surface area contributed by atoms with E-state index in [0.717, 1.165) is 24.3 Å². The maximum Gasteiger partial charge on any atom is 0.335 e. The third-order valence-corrected chi connectivity index (χ3v) is 5.96. The molecule has 1 unspecified atom stereocenters. The van der Waals surface area contributed by atoms with Crippen LogP contribution >= 0.6 is 11.8 Å². The molecule has 116 valence electrons. The van der Waals surface area contributed by atoms with Gasteiger partial charge < -0.3 is 9.84 Å². The molecule has 0 aliphatic carbocycles. The number of aromatic carboxylic acids is 1. The van der Waals surface area contributed by atoms with Gasteiger partial charge in [0.25, 0.3) is 0 Å². The molecule has 1 aliphatic heterocycles. The van der Waals surface area contributed by atoms with E-state index >= 15 is 0 Å². The topological polar surface area (TPSA) is 92.7 Å². The van der Waals surface area contributed by atoms with Gasteiger partial charge in [0.2, 0.25) is 10.0 Å². The number of methoxy groups -OCH3 is 1. The van der Waals surface area contributed by atoms with Crippen LogP contribution in [-0.2, 0) is 10.0 Å². The molecule has 1 saturated heterocycles. The first-order chi connectivity index (χ1) is 9.94. The van der Waals surface area contributed by atoms with Crippen molar-refractivity contribution >= 4 is 27.8 Å². The molecule has 0 amide bonds. The second-order valence-corrected chi connectivity index (χ2v) is 7.54. The number of thioether (sulfide) groups is 1. The summed E-state index contributed by atoms with van der Waals surface area (Å²) in [6.07, 6.45) is 1.79. The van der Waals surface area contributed by atoms with Gasteiger partial charge in [-0.05, 0) is 36.8 Å². The quantitative estimate of drug-likeness (QED) is 0.851. The Bertz CT molecular complexity index is 623. The number of carboxylic acid groups (broad SMARTS) is 1. The number of hydrogen-bond acceptors (Lipinski definition) is 5. The predicted molar refractivity (Wildman–Crippen MR) is 80.6 cm³/mol. The number of sulfonamides is 1. The summed E-state index contributed by atoms with van der Waals surface area (Å²) in [5.74, 6) is 0.698. The van der Waals surface area contributed by atoms with Crippen molar-refractivity contribution in [3.8, 4) is 5.75 Å². The lowest BCUT2D eigenvalue weighted by molar-refractivity contribution is 0.0696. The van der Waals surface area contributed by atoms with E-state index in [0.29, 0.717) is 0 Å². The van der Waals surface area contributed by atoms with Crippen molar-refractivity contribution in [2.24, 2.45) is 0 Å². The van der Waals surface area contributed by atoms with E-state index in [-0.39, 0.29) is 22.3 Å². The van der Waals surface area contributed by atoms with Crippen LogP contribution in [0.25, 0.3) is 0 Å². The Hall–Kier alpha value is -1.25. The molecule has 0 saturated carbocycles.